The maximum Gasteiger partial charge on any atom is 0.234 e. The van der Waals surface area contributed by atoms with Gasteiger partial charge in [-0.15, -0.1) is 10.2 Å². The monoisotopic (exact) mass is 416 g/mol. The van der Waals surface area contributed by atoms with Crippen LogP contribution in [0.2, 0.25) is 5.02 Å². The number of nitrogens with one attached hydrogen (secondary N) is 1. The van der Waals surface area contributed by atoms with Crippen molar-refractivity contribution in [3.8, 4) is 17.1 Å². The fraction of sp³-hybridized carbons (Fsp3) is 0.250. The van der Waals surface area contributed by atoms with Gasteiger partial charge in [0.05, 0.1) is 23.6 Å². The summed E-state index contributed by atoms with van der Waals surface area (Å²) < 4.78 is 7.18. The number of hydrogen-bond acceptors (Lipinski definition) is 5. The van der Waals surface area contributed by atoms with Crippen LogP contribution in [0.15, 0.2) is 47.6 Å². The first-order valence-electron chi connectivity index (χ1n) is 8.78. The van der Waals surface area contributed by atoms with Crippen LogP contribution in [-0.2, 0) is 11.3 Å². The van der Waals surface area contributed by atoms with Crippen LogP contribution in [0, 0.1) is 6.92 Å². The number of nitrogens with zero attached hydrogens (tertiary/aromatic N) is 3. The molecule has 6 nitrogen and oxygen atoms in total. The molecule has 0 spiro atoms. The molecule has 0 aliphatic carbocycles. The van der Waals surface area contributed by atoms with Gasteiger partial charge in [0.2, 0.25) is 5.91 Å². The van der Waals surface area contributed by atoms with E-state index in [1.807, 2.05) is 54.8 Å². The number of thioether (sulfide) groups is 1. The number of methoxy groups -OCH3 is 1. The van der Waals surface area contributed by atoms with Crippen molar-refractivity contribution in [2.24, 2.45) is 0 Å². The molecule has 2 aromatic carbocycles. The predicted molar refractivity (Wildman–Crippen MR) is 113 cm³/mol. The first kappa shape index (κ1) is 20.2. The zero-order valence-corrected chi connectivity index (χ0v) is 17.5. The van der Waals surface area contributed by atoms with Crippen LogP contribution >= 0.6 is 23.4 Å². The Hall–Kier alpha value is -2.51. The third-order valence-electron chi connectivity index (χ3n) is 4.11. The summed E-state index contributed by atoms with van der Waals surface area (Å²) in [7, 11) is 1.63. The number of aromatic nitrogens is 3. The van der Waals surface area contributed by atoms with Crippen molar-refractivity contribution in [3.63, 3.8) is 0 Å². The average molecular weight is 417 g/mol. The minimum atomic E-state index is -0.146. The highest BCUT2D eigenvalue weighted by Crippen LogP contribution is 2.26. The second kappa shape index (κ2) is 9.12. The third-order valence-corrected chi connectivity index (χ3v) is 5.39. The standard InChI is InChI=1S/C20H21ClN4O2S/c1-4-25-19(14-6-8-15(27-3)9-7-14)23-24-20(25)28-12-18(26)22-17-10-5-13(2)11-16(17)21/h5-11H,4,12H2,1-3H3,(H,22,26). The van der Waals surface area contributed by atoms with Gasteiger partial charge in [0, 0.05) is 12.1 Å². The Kier molecular flexibility index (Phi) is 6.59. The minimum Gasteiger partial charge on any atom is -0.497 e. The van der Waals surface area contributed by atoms with E-state index in [0.29, 0.717) is 22.4 Å². The molecular weight excluding hydrogens is 396 g/mol. The molecule has 0 saturated heterocycles. The summed E-state index contributed by atoms with van der Waals surface area (Å²) in [5, 5.41) is 12.6. The molecule has 0 fully saturated rings. The fourth-order valence-electron chi connectivity index (χ4n) is 2.67. The van der Waals surface area contributed by atoms with Gasteiger partial charge in [0.1, 0.15) is 5.75 Å². The van der Waals surface area contributed by atoms with Gasteiger partial charge in [-0.2, -0.15) is 0 Å². The molecular formula is C20H21ClN4O2S. The van der Waals surface area contributed by atoms with Gasteiger partial charge >= 0.3 is 0 Å². The summed E-state index contributed by atoms with van der Waals surface area (Å²) in [4.78, 5) is 12.3. The summed E-state index contributed by atoms with van der Waals surface area (Å²) in [5.41, 5.74) is 2.59. The van der Waals surface area contributed by atoms with Crippen LogP contribution < -0.4 is 10.1 Å². The molecule has 1 heterocycles. The highest BCUT2D eigenvalue weighted by molar-refractivity contribution is 7.99. The van der Waals surface area contributed by atoms with Crippen LogP contribution in [-0.4, -0.2) is 33.5 Å². The van der Waals surface area contributed by atoms with Gasteiger partial charge in [-0.3, -0.25) is 4.79 Å². The lowest BCUT2D eigenvalue weighted by atomic mass is 10.2. The third kappa shape index (κ3) is 4.66. The molecule has 8 heteroatoms. The molecule has 3 aromatic rings. The molecule has 0 bridgehead atoms. The number of carbonyl (C=O) groups is 1. The topological polar surface area (TPSA) is 69.0 Å². The SMILES string of the molecule is CCn1c(SCC(=O)Nc2ccc(C)cc2Cl)nnc1-c1ccc(OC)cc1. The lowest BCUT2D eigenvalue weighted by Crippen LogP contribution is -2.15. The Morgan fingerprint density at radius 2 is 1.96 bits per heavy atom. The molecule has 0 aliphatic heterocycles. The molecule has 28 heavy (non-hydrogen) atoms. The number of rotatable bonds is 7. The first-order chi connectivity index (χ1) is 13.5. The number of ether oxygens (including phenoxy) is 1. The van der Waals surface area contributed by atoms with Crippen LogP contribution in [0.1, 0.15) is 12.5 Å². The van der Waals surface area contributed by atoms with E-state index in [4.69, 9.17) is 16.3 Å². The zero-order chi connectivity index (χ0) is 20.1. The van der Waals surface area contributed by atoms with E-state index in [2.05, 4.69) is 15.5 Å². The maximum atomic E-state index is 12.3. The molecule has 3 rings (SSSR count). The summed E-state index contributed by atoms with van der Waals surface area (Å²) in [6, 6.07) is 13.2. The molecule has 0 saturated carbocycles. The maximum absolute atomic E-state index is 12.3. The van der Waals surface area contributed by atoms with Gasteiger partial charge in [-0.1, -0.05) is 29.4 Å². The second-order valence-electron chi connectivity index (χ2n) is 6.10. The number of carbonyl (C=O) groups excluding carboxylic acids is 1. The Morgan fingerprint density at radius 1 is 1.21 bits per heavy atom. The smallest absolute Gasteiger partial charge is 0.234 e. The van der Waals surface area contributed by atoms with E-state index in [0.717, 1.165) is 22.7 Å². The van der Waals surface area contributed by atoms with E-state index in [1.54, 1.807) is 13.2 Å². The molecule has 1 aromatic heterocycles. The Labute approximate surface area is 173 Å². The van der Waals surface area contributed by atoms with E-state index in [1.165, 1.54) is 11.8 Å². The predicted octanol–water partition coefficient (Wildman–Crippen LogP) is 4.67. The Balaban J connectivity index is 1.68. The average Bonchev–Trinajstić information content (AvgIpc) is 3.11. The molecule has 146 valence electrons. The summed E-state index contributed by atoms with van der Waals surface area (Å²) >= 11 is 7.51. The van der Waals surface area contributed by atoms with E-state index >= 15 is 0 Å². The number of benzene rings is 2. The number of halogens is 1. The second-order valence-corrected chi connectivity index (χ2v) is 7.45. The molecule has 0 atom stereocenters. The van der Waals surface area contributed by atoms with Gasteiger partial charge < -0.3 is 14.6 Å². The lowest BCUT2D eigenvalue weighted by molar-refractivity contribution is -0.113. The van der Waals surface area contributed by atoms with E-state index < -0.39 is 0 Å². The van der Waals surface area contributed by atoms with Crippen molar-refractivity contribution in [2.45, 2.75) is 25.5 Å². The van der Waals surface area contributed by atoms with Gasteiger partial charge in [0.15, 0.2) is 11.0 Å². The van der Waals surface area contributed by atoms with Crippen molar-refractivity contribution >= 4 is 35.0 Å². The summed E-state index contributed by atoms with van der Waals surface area (Å²) in [6.45, 7) is 4.67. The zero-order valence-electron chi connectivity index (χ0n) is 15.9. The molecule has 0 aliphatic rings. The van der Waals surface area contributed by atoms with Gasteiger partial charge in [-0.05, 0) is 55.8 Å². The molecule has 1 N–H and O–H groups in total. The van der Waals surface area contributed by atoms with Crippen LogP contribution in [0.25, 0.3) is 11.4 Å². The highest BCUT2D eigenvalue weighted by Gasteiger charge is 2.15. The van der Waals surface area contributed by atoms with E-state index in [9.17, 15) is 4.79 Å². The quantitative estimate of drug-likeness (QED) is 0.567. The van der Waals surface area contributed by atoms with Crippen molar-refractivity contribution in [1.29, 1.82) is 0 Å². The number of anilines is 1. The fourth-order valence-corrected chi connectivity index (χ4v) is 3.76. The molecule has 0 radical (unpaired) electrons. The number of hydrogen-bond donors (Lipinski definition) is 1. The molecule has 0 unspecified atom stereocenters. The van der Waals surface area contributed by atoms with Crippen LogP contribution in [0.3, 0.4) is 0 Å². The highest BCUT2D eigenvalue weighted by atomic mass is 35.5. The van der Waals surface area contributed by atoms with Crippen molar-refractivity contribution in [1.82, 2.24) is 14.8 Å². The lowest BCUT2D eigenvalue weighted by Gasteiger charge is -2.09. The summed E-state index contributed by atoms with van der Waals surface area (Å²) in [6.07, 6.45) is 0. The number of amides is 1. The van der Waals surface area contributed by atoms with Crippen molar-refractivity contribution < 1.29 is 9.53 Å². The number of aryl methyl sites for hydroxylation is 1. The largest absolute Gasteiger partial charge is 0.497 e. The minimum absolute atomic E-state index is 0.146. The Bertz CT molecular complexity index is 973. The van der Waals surface area contributed by atoms with E-state index in [-0.39, 0.29) is 11.7 Å². The van der Waals surface area contributed by atoms with Crippen molar-refractivity contribution in [2.75, 3.05) is 18.2 Å². The van der Waals surface area contributed by atoms with Crippen LogP contribution in [0.4, 0.5) is 5.69 Å². The first-order valence-corrected chi connectivity index (χ1v) is 10.1. The van der Waals surface area contributed by atoms with Gasteiger partial charge in [0.25, 0.3) is 0 Å². The van der Waals surface area contributed by atoms with Gasteiger partial charge in [-0.25, -0.2) is 0 Å². The summed E-state index contributed by atoms with van der Waals surface area (Å²) in [5.74, 6) is 1.61. The van der Waals surface area contributed by atoms with Crippen LogP contribution in [0.5, 0.6) is 5.75 Å². The Morgan fingerprint density at radius 3 is 2.61 bits per heavy atom. The normalized spacial score (nSPS) is 10.7. The van der Waals surface area contributed by atoms with Crippen molar-refractivity contribution in [3.05, 3.63) is 53.1 Å². The molecule has 1 amide bonds.